The first-order chi connectivity index (χ1) is 15.1. The van der Waals surface area contributed by atoms with E-state index in [0.717, 1.165) is 44.1 Å². The van der Waals surface area contributed by atoms with Gasteiger partial charge in [0.15, 0.2) is 5.76 Å². The monoisotopic (exact) mass is 440 g/mol. The Balaban J connectivity index is 1.32. The number of amides is 1. The Labute approximate surface area is 185 Å². The third-order valence-electron chi connectivity index (χ3n) is 6.42. The van der Waals surface area contributed by atoms with Gasteiger partial charge in [-0.2, -0.15) is 0 Å². The number of hydrogen-bond acceptors (Lipinski definition) is 4. The van der Waals surface area contributed by atoms with Crippen molar-refractivity contribution in [1.29, 1.82) is 0 Å². The van der Waals surface area contributed by atoms with Gasteiger partial charge in [0.05, 0.1) is 18.2 Å². The highest BCUT2D eigenvalue weighted by Gasteiger charge is 2.42. The number of benzene rings is 1. The summed E-state index contributed by atoms with van der Waals surface area (Å²) in [6.45, 7) is 0.655. The molecule has 8 heteroatoms. The van der Waals surface area contributed by atoms with Gasteiger partial charge in [-0.05, 0) is 55.5 Å². The first kappa shape index (κ1) is 20.1. The summed E-state index contributed by atoms with van der Waals surface area (Å²) in [4.78, 5) is 26.1. The smallest absolute Gasteiger partial charge is 0.346 e. The summed E-state index contributed by atoms with van der Waals surface area (Å²) in [6, 6.07) is 11.4. The van der Waals surface area contributed by atoms with Gasteiger partial charge in [0.2, 0.25) is 11.7 Å². The van der Waals surface area contributed by atoms with E-state index in [0.29, 0.717) is 29.7 Å². The summed E-state index contributed by atoms with van der Waals surface area (Å²) in [5, 5.41) is 8.22. The van der Waals surface area contributed by atoms with Gasteiger partial charge < -0.3 is 9.73 Å². The highest BCUT2D eigenvalue weighted by Crippen LogP contribution is 2.41. The predicted molar refractivity (Wildman–Crippen MR) is 117 cm³/mol. The maximum Gasteiger partial charge on any atom is 0.346 e. The summed E-state index contributed by atoms with van der Waals surface area (Å²) in [6.07, 6.45) is 7.20. The Morgan fingerprint density at radius 3 is 2.58 bits per heavy atom. The molecule has 3 aromatic rings. The fraction of sp³-hybridized carbons (Fsp3) is 0.435. The van der Waals surface area contributed by atoms with Gasteiger partial charge >= 0.3 is 5.69 Å². The average molecular weight is 441 g/mol. The summed E-state index contributed by atoms with van der Waals surface area (Å²) in [7, 11) is 0. The van der Waals surface area contributed by atoms with Crippen LogP contribution in [0.3, 0.4) is 0 Å². The van der Waals surface area contributed by atoms with E-state index in [1.165, 1.54) is 4.68 Å². The highest BCUT2D eigenvalue weighted by molar-refractivity contribution is 6.30. The summed E-state index contributed by atoms with van der Waals surface area (Å²) in [5.74, 6) is 1.14. The molecule has 2 aliphatic rings. The fourth-order valence-corrected chi connectivity index (χ4v) is 4.77. The lowest BCUT2D eigenvalue weighted by Crippen LogP contribution is -2.44. The quantitative estimate of drug-likeness (QED) is 0.603. The van der Waals surface area contributed by atoms with E-state index in [1.54, 1.807) is 16.9 Å². The largest absolute Gasteiger partial charge is 0.461 e. The third-order valence-corrected chi connectivity index (χ3v) is 6.67. The Morgan fingerprint density at radius 1 is 1.19 bits per heavy atom. The summed E-state index contributed by atoms with van der Waals surface area (Å²) in [5.41, 5.74) is 0.320. The molecule has 2 aliphatic carbocycles. The van der Waals surface area contributed by atoms with Crippen LogP contribution in [0.15, 0.2) is 51.9 Å². The van der Waals surface area contributed by atoms with Crippen molar-refractivity contribution >= 4 is 17.5 Å². The minimum absolute atomic E-state index is 0.00764. The highest BCUT2D eigenvalue weighted by atomic mass is 35.5. The van der Waals surface area contributed by atoms with Crippen molar-refractivity contribution < 1.29 is 9.21 Å². The van der Waals surface area contributed by atoms with E-state index in [4.69, 9.17) is 16.0 Å². The molecule has 0 unspecified atom stereocenters. The molecule has 2 saturated carbocycles. The van der Waals surface area contributed by atoms with E-state index in [9.17, 15) is 9.59 Å². The lowest BCUT2D eigenvalue weighted by Gasteiger charge is -2.28. The number of nitrogens with zero attached hydrogens (tertiary/aromatic N) is 3. The number of aromatic nitrogens is 3. The van der Waals surface area contributed by atoms with Crippen LogP contribution in [0.25, 0.3) is 11.6 Å². The van der Waals surface area contributed by atoms with Crippen LogP contribution in [0.4, 0.5) is 0 Å². The molecule has 0 atom stereocenters. The number of halogens is 1. The van der Waals surface area contributed by atoms with Gasteiger partial charge in [-0.15, -0.1) is 5.10 Å². The van der Waals surface area contributed by atoms with Gasteiger partial charge in [0.1, 0.15) is 0 Å². The number of furan rings is 1. The van der Waals surface area contributed by atoms with Crippen LogP contribution in [-0.2, 0) is 16.8 Å². The van der Waals surface area contributed by atoms with Gasteiger partial charge in [-0.1, -0.05) is 36.6 Å². The summed E-state index contributed by atoms with van der Waals surface area (Å²) >= 11 is 6.04. The lowest BCUT2D eigenvalue weighted by molar-refractivity contribution is -0.126. The molecule has 1 aromatic carbocycles. The van der Waals surface area contributed by atoms with Gasteiger partial charge in [0.25, 0.3) is 0 Å². The Morgan fingerprint density at radius 2 is 1.94 bits per heavy atom. The molecule has 5 rings (SSSR count). The zero-order valence-electron chi connectivity index (χ0n) is 17.2. The second-order valence-electron chi connectivity index (χ2n) is 8.46. The molecule has 31 heavy (non-hydrogen) atoms. The molecule has 2 heterocycles. The van der Waals surface area contributed by atoms with E-state index < -0.39 is 5.41 Å². The predicted octanol–water partition coefficient (Wildman–Crippen LogP) is 3.92. The average Bonchev–Trinajstić information content (AvgIpc) is 3.18. The zero-order chi connectivity index (χ0) is 21.4. The molecule has 0 spiro atoms. The molecule has 162 valence electrons. The van der Waals surface area contributed by atoms with E-state index >= 15 is 0 Å². The van der Waals surface area contributed by atoms with Crippen LogP contribution in [0.1, 0.15) is 50.1 Å². The van der Waals surface area contributed by atoms with Gasteiger partial charge in [0, 0.05) is 17.6 Å². The molecular formula is C23H25ClN4O3. The molecule has 7 nitrogen and oxygen atoms in total. The van der Waals surface area contributed by atoms with Crippen LogP contribution in [0, 0.1) is 0 Å². The maximum absolute atomic E-state index is 13.2. The van der Waals surface area contributed by atoms with Crippen molar-refractivity contribution in [3.05, 3.63) is 63.7 Å². The fourth-order valence-electron chi connectivity index (χ4n) is 4.64. The Kier molecular flexibility index (Phi) is 5.22. The standard InChI is InChI=1S/C23H25ClN4O3/c24-17-7-5-16(6-8-17)23(11-1-2-12-23)21(29)25-13-14-27-22(30)28(18-9-10-18)20(26-27)19-4-3-15-31-19/h3-8,15,18H,1-2,9-14H2,(H,25,29). The van der Waals surface area contributed by atoms with Gasteiger partial charge in [-0.25, -0.2) is 9.48 Å². The van der Waals surface area contributed by atoms with Crippen molar-refractivity contribution in [2.45, 2.75) is 56.5 Å². The maximum atomic E-state index is 13.2. The Hall–Kier alpha value is -2.80. The van der Waals surface area contributed by atoms with Crippen molar-refractivity contribution in [3.63, 3.8) is 0 Å². The molecular weight excluding hydrogens is 416 g/mol. The van der Waals surface area contributed by atoms with Crippen molar-refractivity contribution in [2.75, 3.05) is 6.54 Å². The minimum Gasteiger partial charge on any atom is -0.461 e. The molecule has 2 fully saturated rings. The normalized spacial score (nSPS) is 17.7. The molecule has 0 aliphatic heterocycles. The van der Waals surface area contributed by atoms with Gasteiger partial charge in [-0.3, -0.25) is 9.36 Å². The number of hydrogen-bond donors (Lipinski definition) is 1. The molecule has 0 saturated heterocycles. The first-order valence-electron chi connectivity index (χ1n) is 10.9. The number of carbonyl (C=O) groups excluding carboxylic acids is 1. The third kappa shape index (κ3) is 3.71. The second kappa shape index (κ2) is 8.04. The number of nitrogens with one attached hydrogen (secondary N) is 1. The number of carbonyl (C=O) groups is 1. The zero-order valence-corrected chi connectivity index (χ0v) is 18.0. The van der Waals surface area contributed by atoms with Crippen molar-refractivity contribution in [2.24, 2.45) is 0 Å². The topological polar surface area (TPSA) is 82.1 Å². The molecule has 0 bridgehead atoms. The first-order valence-corrected chi connectivity index (χ1v) is 11.2. The van der Waals surface area contributed by atoms with Crippen LogP contribution < -0.4 is 11.0 Å². The second-order valence-corrected chi connectivity index (χ2v) is 8.90. The Bertz CT molecular complexity index is 1120. The van der Waals surface area contributed by atoms with Crippen LogP contribution >= 0.6 is 11.6 Å². The van der Waals surface area contributed by atoms with Crippen LogP contribution in [0.5, 0.6) is 0 Å². The molecule has 0 radical (unpaired) electrons. The lowest BCUT2D eigenvalue weighted by atomic mass is 9.78. The SMILES string of the molecule is O=C(NCCn1nc(-c2ccco2)n(C2CC2)c1=O)C1(c2ccc(Cl)cc2)CCCC1. The van der Waals surface area contributed by atoms with Crippen LogP contribution in [-0.4, -0.2) is 26.8 Å². The molecule has 1 N–H and O–H groups in total. The molecule has 1 amide bonds. The number of rotatable bonds is 7. The van der Waals surface area contributed by atoms with Crippen molar-refractivity contribution in [3.8, 4) is 11.6 Å². The van der Waals surface area contributed by atoms with E-state index in [-0.39, 0.29) is 17.6 Å². The summed E-state index contributed by atoms with van der Waals surface area (Å²) < 4.78 is 8.62. The van der Waals surface area contributed by atoms with E-state index in [2.05, 4.69) is 10.4 Å². The van der Waals surface area contributed by atoms with E-state index in [1.807, 2.05) is 30.3 Å². The van der Waals surface area contributed by atoms with Crippen molar-refractivity contribution in [1.82, 2.24) is 19.7 Å². The minimum atomic E-state index is -0.526. The van der Waals surface area contributed by atoms with Crippen LogP contribution in [0.2, 0.25) is 5.02 Å². The molecule has 2 aromatic heterocycles.